The Bertz CT molecular complexity index is 426. The predicted molar refractivity (Wildman–Crippen MR) is 57.5 cm³/mol. The Hall–Kier alpha value is -1.75. The molecule has 0 unspecified atom stereocenters. The Kier molecular flexibility index (Phi) is 2.71. The quantitative estimate of drug-likeness (QED) is 0.460. The molecular weight excluding hydrogens is 176 g/mol. The Morgan fingerprint density at radius 3 is 1.69 bits per heavy atom. The third-order valence-corrected chi connectivity index (χ3v) is 2.07. The fraction of sp³-hybridized carbons (Fsp3) is 0. The third-order valence-electron chi connectivity index (χ3n) is 1.59. The first kappa shape index (κ1) is 9.34. The van der Waals surface area contributed by atoms with Crippen molar-refractivity contribution in [3.63, 3.8) is 0 Å². The van der Waals surface area contributed by atoms with Crippen LogP contribution in [0.3, 0.4) is 0 Å². The van der Waals surface area contributed by atoms with Crippen molar-refractivity contribution in [2.24, 2.45) is 0 Å². The molecule has 0 aliphatic carbocycles. The van der Waals surface area contributed by atoms with Crippen LogP contribution >= 0.6 is 12.6 Å². The van der Waals surface area contributed by atoms with Crippen LogP contribution in [-0.2, 0) is 0 Å². The van der Waals surface area contributed by atoms with E-state index >= 15 is 0 Å². The molecule has 0 N–H and O–H groups in total. The number of hydrogen-bond donors (Lipinski definition) is 1. The summed E-state index contributed by atoms with van der Waals surface area (Å²) in [6, 6.07) is 3.42. The maximum absolute atomic E-state index is 5.26. The van der Waals surface area contributed by atoms with Crippen molar-refractivity contribution in [2.75, 3.05) is 0 Å². The third kappa shape index (κ3) is 1.70. The van der Waals surface area contributed by atoms with Gasteiger partial charge in [-0.25, -0.2) is 0 Å². The van der Waals surface area contributed by atoms with Crippen LogP contribution in [0.5, 0.6) is 0 Å². The van der Waals surface area contributed by atoms with E-state index in [1.807, 2.05) is 0 Å². The number of benzene rings is 1. The predicted octanol–water partition coefficient (Wildman–Crippen LogP) is 1.92. The summed E-state index contributed by atoms with van der Waals surface area (Å²) < 4.78 is 0. The van der Waals surface area contributed by atoms with Gasteiger partial charge in [0.2, 0.25) is 0 Å². The van der Waals surface area contributed by atoms with Gasteiger partial charge in [-0.1, -0.05) is 17.8 Å². The average molecular weight is 182 g/mol. The van der Waals surface area contributed by atoms with E-state index < -0.39 is 0 Å². The molecule has 0 heterocycles. The highest BCUT2D eigenvalue weighted by Gasteiger charge is 2.03. The van der Waals surface area contributed by atoms with Crippen LogP contribution in [0.1, 0.15) is 16.7 Å². The molecule has 13 heavy (non-hydrogen) atoms. The van der Waals surface area contributed by atoms with Gasteiger partial charge >= 0.3 is 0 Å². The van der Waals surface area contributed by atoms with Gasteiger partial charge in [-0.05, 0) is 12.1 Å². The molecule has 60 valence electrons. The topological polar surface area (TPSA) is 0 Å². The highest BCUT2D eigenvalue weighted by molar-refractivity contribution is 7.80. The standard InChI is InChI=1S/C12H6S/c1-4-9-7-10(5-2)12(13)11(6-3)8-9/h1-3,7-8,13H. The Morgan fingerprint density at radius 2 is 1.38 bits per heavy atom. The van der Waals surface area contributed by atoms with Crippen molar-refractivity contribution in [1.82, 2.24) is 0 Å². The number of rotatable bonds is 0. The zero-order valence-electron chi connectivity index (χ0n) is 6.83. The summed E-state index contributed by atoms with van der Waals surface area (Å²) in [4.78, 5) is 0.629. The van der Waals surface area contributed by atoms with E-state index in [4.69, 9.17) is 19.3 Å². The molecule has 0 aliphatic rings. The van der Waals surface area contributed by atoms with Crippen molar-refractivity contribution in [3.05, 3.63) is 28.8 Å². The molecule has 0 bridgehead atoms. The summed E-state index contributed by atoms with van der Waals surface area (Å²) in [6.07, 6.45) is 15.8. The summed E-state index contributed by atoms with van der Waals surface area (Å²) in [5.41, 5.74) is 1.94. The van der Waals surface area contributed by atoms with E-state index in [-0.39, 0.29) is 0 Å². The second kappa shape index (κ2) is 3.77. The molecule has 1 aromatic rings. The molecule has 1 aromatic carbocycles. The number of hydrogen-bond acceptors (Lipinski definition) is 1. The van der Waals surface area contributed by atoms with Crippen molar-refractivity contribution in [2.45, 2.75) is 4.90 Å². The minimum absolute atomic E-state index is 0.629. The van der Waals surface area contributed by atoms with Crippen LogP contribution in [0.2, 0.25) is 0 Å². The molecule has 0 atom stereocenters. The van der Waals surface area contributed by atoms with E-state index in [1.165, 1.54) is 0 Å². The number of terminal acetylenes is 3. The normalized spacial score (nSPS) is 8.15. The second-order valence-corrected chi connectivity index (χ2v) is 2.80. The fourth-order valence-electron chi connectivity index (χ4n) is 0.938. The van der Waals surface area contributed by atoms with Gasteiger partial charge in [-0.15, -0.1) is 31.9 Å². The van der Waals surface area contributed by atoms with Crippen molar-refractivity contribution < 1.29 is 0 Å². The second-order valence-electron chi connectivity index (χ2n) is 2.35. The molecule has 0 saturated carbocycles. The summed E-state index contributed by atoms with van der Waals surface area (Å²) in [6.45, 7) is 0. The molecule has 0 aromatic heterocycles. The monoisotopic (exact) mass is 182 g/mol. The van der Waals surface area contributed by atoms with Crippen LogP contribution in [0.25, 0.3) is 0 Å². The average Bonchev–Trinajstić information content (AvgIpc) is 2.18. The molecular formula is C12H6S. The molecule has 1 heteroatoms. The van der Waals surface area contributed by atoms with Gasteiger partial charge in [0.1, 0.15) is 0 Å². The molecule has 0 saturated heterocycles. The minimum Gasteiger partial charge on any atom is -0.141 e. The summed E-state index contributed by atoms with van der Waals surface area (Å²) in [5, 5.41) is 0. The van der Waals surface area contributed by atoms with Gasteiger partial charge in [-0.3, -0.25) is 0 Å². The smallest absolute Gasteiger partial charge is 0.0401 e. The van der Waals surface area contributed by atoms with Gasteiger partial charge < -0.3 is 0 Å². The lowest BCUT2D eigenvalue weighted by Gasteiger charge is -2.02. The van der Waals surface area contributed by atoms with Crippen LogP contribution in [0.15, 0.2) is 17.0 Å². The summed E-state index contributed by atoms with van der Waals surface area (Å²) >= 11 is 4.20. The molecule has 1 rings (SSSR count). The van der Waals surface area contributed by atoms with Crippen LogP contribution in [-0.4, -0.2) is 0 Å². The molecule has 0 amide bonds. The lowest BCUT2D eigenvalue weighted by molar-refractivity contribution is 1.37. The first-order valence-electron chi connectivity index (χ1n) is 3.49. The van der Waals surface area contributed by atoms with Crippen LogP contribution in [0.4, 0.5) is 0 Å². The highest BCUT2D eigenvalue weighted by atomic mass is 32.1. The highest BCUT2D eigenvalue weighted by Crippen LogP contribution is 2.19. The molecule has 0 fully saturated rings. The van der Waals surface area contributed by atoms with Gasteiger partial charge in [0.05, 0.1) is 0 Å². The lowest BCUT2D eigenvalue weighted by Crippen LogP contribution is -1.87. The van der Waals surface area contributed by atoms with Crippen molar-refractivity contribution >= 4 is 12.6 Å². The van der Waals surface area contributed by atoms with Crippen molar-refractivity contribution in [3.8, 4) is 37.0 Å². The lowest BCUT2D eigenvalue weighted by atomic mass is 10.1. The Balaban J connectivity index is 3.53. The number of thiol groups is 1. The van der Waals surface area contributed by atoms with Gasteiger partial charge in [-0.2, -0.15) is 0 Å². The molecule has 0 nitrogen and oxygen atoms in total. The van der Waals surface area contributed by atoms with E-state index in [0.717, 1.165) is 0 Å². The van der Waals surface area contributed by atoms with Crippen LogP contribution in [0, 0.1) is 37.0 Å². The van der Waals surface area contributed by atoms with E-state index in [0.29, 0.717) is 21.6 Å². The maximum Gasteiger partial charge on any atom is 0.0401 e. The zero-order chi connectivity index (χ0) is 9.84. The summed E-state index contributed by atoms with van der Waals surface area (Å²) in [5.74, 6) is 7.43. The Labute approximate surface area is 83.8 Å². The first-order chi connectivity index (χ1) is 6.22. The summed E-state index contributed by atoms with van der Waals surface area (Å²) in [7, 11) is 0. The van der Waals surface area contributed by atoms with Gasteiger partial charge in [0.15, 0.2) is 0 Å². The van der Waals surface area contributed by atoms with Crippen LogP contribution < -0.4 is 0 Å². The molecule has 0 aliphatic heterocycles. The zero-order valence-corrected chi connectivity index (χ0v) is 7.73. The molecule has 0 radical (unpaired) electrons. The SMILES string of the molecule is C#Cc1cc(C#C)c(S)c(C#C)c1. The van der Waals surface area contributed by atoms with Gasteiger partial charge in [0.25, 0.3) is 0 Å². The fourth-order valence-corrected chi connectivity index (χ4v) is 1.20. The molecule has 0 spiro atoms. The maximum atomic E-state index is 5.26. The van der Waals surface area contributed by atoms with E-state index in [2.05, 4.69) is 30.4 Å². The first-order valence-corrected chi connectivity index (χ1v) is 3.94. The Morgan fingerprint density at radius 1 is 0.923 bits per heavy atom. The van der Waals surface area contributed by atoms with Gasteiger partial charge in [0, 0.05) is 21.6 Å². The van der Waals surface area contributed by atoms with Crippen molar-refractivity contribution in [1.29, 1.82) is 0 Å². The largest absolute Gasteiger partial charge is 0.141 e. The van der Waals surface area contributed by atoms with E-state index in [1.54, 1.807) is 12.1 Å². The minimum atomic E-state index is 0.629. The van der Waals surface area contributed by atoms with E-state index in [9.17, 15) is 0 Å².